The number of carboxylic acid groups (broad SMARTS) is 1. The number of aromatic amines is 1. The number of nitrogens with one attached hydrogen (secondary N) is 1. The van der Waals surface area contributed by atoms with E-state index in [0.29, 0.717) is 24.3 Å². The van der Waals surface area contributed by atoms with Gasteiger partial charge in [-0.25, -0.2) is 4.98 Å². The van der Waals surface area contributed by atoms with Crippen LogP contribution in [0.4, 0.5) is 0 Å². The molecule has 8 nitrogen and oxygen atoms in total. The fourth-order valence-corrected chi connectivity index (χ4v) is 2.60. The van der Waals surface area contributed by atoms with Crippen LogP contribution in [0.5, 0.6) is 11.9 Å². The number of aromatic nitrogens is 4. The van der Waals surface area contributed by atoms with Gasteiger partial charge in [-0.05, 0) is 38.8 Å². The van der Waals surface area contributed by atoms with E-state index in [0.717, 1.165) is 22.3 Å². The number of H-pyrrole nitrogens is 1. The second kappa shape index (κ2) is 8.30. The third-order valence-electron chi connectivity index (χ3n) is 4.45. The summed E-state index contributed by atoms with van der Waals surface area (Å²) in [6.45, 7) is 7.63. The zero-order chi connectivity index (χ0) is 21.0. The first-order valence-electron chi connectivity index (χ1n) is 9.29. The van der Waals surface area contributed by atoms with Gasteiger partial charge in [0.25, 0.3) is 0 Å². The molecular formula is C21H24N4O4. The summed E-state index contributed by atoms with van der Waals surface area (Å²) in [5.41, 5.74) is 2.87. The largest absolute Gasteiger partial charge is 0.481 e. The Balaban J connectivity index is 1.74. The van der Waals surface area contributed by atoms with Crippen LogP contribution in [0.1, 0.15) is 26.3 Å². The van der Waals surface area contributed by atoms with Crippen LogP contribution in [0.2, 0.25) is 0 Å². The monoisotopic (exact) mass is 396 g/mol. The summed E-state index contributed by atoms with van der Waals surface area (Å²) in [5, 5.41) is 16.1. The molecule has 1 aromatic carbocycles. The van der Waals surface area contributed by atoms with Gasteiger partial charge >= 0.3 is 12.0 Å². The predicted molar refractivity (Wildman–Crippen MR) is 108 cm³/mol. The summed E-state index contributed by atoms with van der Waals surface area (Å²) in [6.07, 6.45) is 1.73. The minimum absolute atomic E-state index is 0.0454. The van der Waals surface area contributed by atoms with Crippen molar-refractivity contribution < 1.29 is 19.4 Å². The van der Waals surface area contributed by atoms with Crippen molar-refractivity contribution in [1.82, 2.24) is 20.2 Å². The van der Waals surface area contributed by atoms with Gasteiger partial charge in [0.2, 0.25) is 5.88 Å². The van der Waals surface area contributed by atoms with E-state index in [2.05, 4.69) is 20.2 Å². The van der Waals surface area contributed by atoms with Gasteiger partial charge in [0.05, 0.1) is 12.0 Å². The van der Waals surface area contributed by atoms with Gasteiger partial charge < -0.3 is 14.6 Å². The number of rotatable bonds is 8. The van der Waals surface area contributed by atoms with Crippen LogP contribution in [-0.2, 0) is 4.79 Å². The summed E-state index contributed by atoms with van der Waals surface area (Å²) in [5.74, 6) is 0.132. The fourth-order valence-electron chi connectivity index (χ4n) is 2.60. The molecular weight excluding hydrogens is 372 g/mol. The lowest BCUT2D eigenvalue weighted by atomic mass is 9.95. The molecule has 3 aromatic rings. The average Bonchev–Trinajstić information content (AvgIpc) is 3.16. The molecule has 2 N–H and O–H groups in total. The van der Waals surface area contributed by atoms with Gasteiger partial charge in [-0.3, -0.25) is 9.89 Å². The first-order chi connectivity index (χ1) is 13.8. The Bertz CT molecular complexity index is 996. The third kappa shape index (κ3) is 4.71. The van der Waals surface area contributed by atoms with Crippen LogP contribution < -0.4 is 9.47 Å². The first kappa shape index (κ1) is 20.3. The smallest absolute Gasteiger partial charge is 0.335 e. The Morgan fingerprint density at radius 3 is 2.48 bits per heavy atom. The van der Waals surface area contributed by atoms with Crippen LogP contribution in [0, 0.1) is 12.3 Å². The van der Waals surface area contributed by atoms with Gasteiger partial charge in [0.15, 0.2) is 5.82 Å². The molecule has 0 aliphatic rings. The normalized spacial score (nSPS) is 11.3. The first-order valence-corrected chi connectivity index (χ1v) is 9.29. The third-order valence-corrected chi connectivity index (χ3v) is 4.45. The second-order valence-corrected chi connectivity index (χ2v) is 7.29. The van der Waals surface area contributed by atoms with E-state index in [-0.39, 0.29) is 6.61 Å². The van der Waals surface area contributed by atoms with E-state index in [1.807, 2.05) is 44.2 Å². The predicted octanol–water partition coefficient (Wildman–Crippen LogP) is 3.73. The number of hydrogen-bond acceptors (Lipinski definition) is 6. The average molecular weight is 396 g/mol. The van der Waals surface area contributed by atoms with E-state index in [1.54, 1.807) is 20.0 Å². The Morgan fingerprint density at radius 2 is 1.86 bits per heavy atom. The lowest BCUT2D eigenvalue weighted by molar-refractivity contribution is -0.148. The van der Waals surface area contributed by atoms with E-state index in [9.17, 15) is 9.90 Å². The minimum Gasteiger partial charge on any atom is -0.481 e. The topological polar surface area (TPSA) is 110 Å². The zero-order valence-electron chi connectivity index (χ0n) is 16.9. The van der Waals surface area contributed by atoms with Gasteiger partial charge in [-0.1, -0.05) is 24.3 Å². The van der Waals surface area contributed by atoms with Crippen molar-refractivity contribution >= 4 is 5.97 Å². The fraction of sp³-hybridized carbons (Fsp3) is 0.333. The van der Waals surface area contributed by atoms with Gasteiger partial charge in [0, 0.05) is 23.4 Å². The number of nitrogens with zero attached hydrogens (tertiary/aromatic N) is 3. The van der Waals surface area contributed by atoms with E-state index in [1.165, 1.54) is 0 Å². The minimum atomic E-state index is -0.979. The number of pyridine rings is 1. The van der Waals surface area contributed by atoms with E-state index < -0.39 is 11.4 Å². The quantitative estimate of drug-likeness (QED) is 0.597. The molecule has 0 aliphatic carbocycles. The van der Waals surface area contributed by atoms with Crippen LogP contribution in [0.25, 0.3) is 22.5 Å². The summed E-state index contributed by atoms with van der Waals surface area (Å²) < 4.78 is 10.9. The van der Waals surface area contributed by atoms with Crippen molar-refractivity contribution in [1.29, 1.82) is 0 Å². The number of hydrogen-bond donors (Lipinski definition) is 2. The summed E-state index contributed by atoms with van der Waals surface area (Å²) >= 11 is 0. The van der Waals surface area contributed by atoms with Gasteiger partial charge in [-0.2, -0.15) is 4.98 Å². The Kier molecular flexibility index (Phi) is 5.81. The molecule has 2 aromatic heterocycles. The number of carboxylic acids is 1. The highest BCUT2D eigenvalue weighted by molar-refractivity contribution is 5.73. The highest BCUT2D eigenvalue weighted by Gasteiger charge is 2.28. The lowest BCUT2D eigenvalue weighted by Gasteiger charge is -2.19. The molecule has 0 saturated heterocycles. The molecule has 0 bridgehead atoms. The molecule has 0 unspecified atom stereocenters. The van der Waals surface area contributed by atoms with E-state index in [4.69, 9.17) is 9.47 Å². The maximum Gasteiger partial charge on any atom is 0.335 e. The summed E-state index contributed by atoms with van der Waals surface area (Å²) in [7, 11) is 0. The second-order valence-electron chi connectivity index (χ2n) is 7.29. The standard InChI is InChI=1S/C21H24N4O4/c1-5-28-20-23-18(24-25-20)15-8-6-14(7-9-15)16-11-22-17(10-13(16)2)29-12-21(3,4)19(26)27/h6-11H,5,12H2,1-4H3,(H,26,27)(H,23,24,25). The van der Waals surface area contributed by atoms with Crippen LogP contribution in [-0.4, -0.2) is 44.5 Å². The number of aryl methyl sites for hydroxylation is 1. The van der Waals surface area contributed by atoms with Crippen LogP contribution >= 0.6 is 0 Å². The molecule has 0 saturated carbocycles. The summed E-state index contributed by atoms with van der Waals surface area (Å²) in [6, 6.07) is 10.0. The highest BCUT2D eigenvalue weighted by Crippen LogP contribution is 2.28. The Morgan fingerprint density at radius 1 is 1.17 bits per heavy atom. The molecule has 29 heavy (non-hydrogen) atoms. The van der Waals surface area contributed by atoms with Crippen molar-refractivity contribution in [2.45, 2.75) is 27.7 Å². The van der Waals surface area contributed by atoms with Crippen molar-refractivity contribution in [2.75, 3.05) is 13.2 Å². The molecule has 152 valence electrons. The molecule has 0 radical (unpaired) electrons. The molecule has 3 rings (SSSR count). The SMILES string of the molecule is CCOc1n[nH]c(-c2ccc(-c3cnc(OCC(C)(C)C(=O)O)cc3C)cc2)n1. The van der Waals surface area contributed by atoms with Gasteiger partial charge in [0.1, 0.15) is 6.61 Å². The molecule has 8 heteroatoms. The number of carbonyl (C=O) groups is 1. The van der Waals surface area contributed by atoms with Gasteiger partial charge in [-0.15, -0.1) is 5.10 Å². The van der Waals surface area contributed by atoms with Crippen molar-refractivity contribution in [3.8, 4) is 34.4 Å². The zero-order valence-corrected chi connectivity index (χ0v) is 16.9. The van der Waals surface area contributed by atoms with Crippen molar-refractivity contribution in [2.24, 2.45) is 5.41 Å². The molecule has 0 amide bonds. The molecule has 0 fully saturated rings. The maximum atomic E-state index is 11.2. The maximum absolute atomic E-state index is 11.2. The molecule has 2 heterocycles. The lowest BCUT2D eigenvalue weighted by Crippen LogP contribution is -2.30. The number of aliphatic carboxylic acids is 1. The Hall–Kier alpha value is -3.42. The van der Waals surface area contributed by atoms with E-state index >= 15 is 0 Å². The van der Waals surface area contributed by atoms with Crippen molar-refractivity contribution in [3.63, 3.8) is 0 Å². The summed E-state index contributed by atoms with van der Waals surface area (Å²) in [4.78, 5) is 19.8. The molecule has 0 atom stereocenters. The molecule has 0 aliphatic heterocycles. The van der Waals surface area contributed by atoms with Crippen LogP contribution in [0.15, 0.2) is 36.5 Å². The molecule has 0 spiro atoms. The Labute approximate surface area is 168 Å². The number of ether oxygens (including phenoxy) is 2. The number of benzene rings is 1. The van der Waals surface area contributed by atoms with Crippen LogP contribution in [0.3, 0.4) is 0 Å². The highest BCUT2D eigenvalue weighted by atomic mass is 16.5. The van der Waals surface area contributed by atoms with Crippen molar-refractivity contribution in [3.05, 3.63) is 42.1 Å².